The smallest absolute Gasteiger partial charge is 0.262 e. The van der Waals surface area contributed by atoms with Crippen molar-refractivity contribution in [2.75, 3.05) is 6.61 Å². The van der Waals surface area contributed by atoms with Gasteiger partial charge in [0.2, 0.25) is 11.8 Å². The Morgan fingerprint density at radius 3 is 2.72 bits per heavy atom. The third-order valence-electron chi connectivity index (χ3n) is 3.56. The fraction of sp³-hybridized carbons (Fsp3) is 0.389. The third kappa shape index (κ3) is 5.29. The Morgan fingerprint density at radius 1 is 1.28 bits per heavy atom. The average Bonchev–Trinajstić information content (AvgIpc) is 3.13. The molecule has 0 unspecified atom stereocenters. The Labute approximate surface area is 151 Å². The topological polar surface area (TPSA) is 80.3 Å². The average molecular weight is 361 g/mol. The fourth-order valence-electron chi connectivity index (χ4n) is 2.27. The molecule has 2 amide bonds. The van der Waals surface area contributed by atoms with Crippen LogP contribution in [0.5, 0.6) is 5.88 Å². The molecule has 2 N–H and O–H groups in total. The number of carbonyl (C=O) groups is 2. The maximum atomic E-state index is 12.5. The summed E-state index contributed by atoms with van der Waals surface area (Å²) in [7, 11) is 0. The highest BCUT2D eigenvalue weighted by Crippen LogP contribution is 2.14. The van der Waals surface area contributed by atoms with Crippen LogP contribution in [-0.4, -0.2) is 29.4 Å². The molecule has 0 fully saturated rings. The van der Waals surface area contributed by atoms with Crippen LogP contribution in [0.3, 0.4) is 0 Å². The summed E-state index contributed by atoms with van der Waals surface area (Å²) >= 11 is 1.35. The van der Waals surface area contributed by atoms with E-state index in [1.807, 2.05) is 38.3 Å². The second-order valence-corrected chi connectivity index (χ2v) is 6.74. The van der Waals surface area contributed by atoms with Crippen molar-refractivity contribution in [3.63, 3.8) is 0 Å². The van der Waals surface area contributed by atoms with Gasteiger partial charge in [-0.05, 0) is 30.4 Å². The molecule has 0 aliphatic rings. The summed E-state index contributed by atoms with van der Waals surface area (Å²) in [6, 6.07) is 6.58. The molecule has 0 aromatic carbocycles. The molecule has 0 saturated carbocycles. The Balaban J connectivity index is 2.00. The number of nitrogens with one attached hydrogen (secondary N) is 2. The number of aromatic nitrogens is 1. The fourth-order valence-corrected chi connectivity index (χ4v) is 2.90. The van der Waals surface area contributed by atoms with Crippen molar-refractivity contribution in [1.82, 2.24) is 15.6 Å². The number of hydrogen-bond donors (Lipinski definition) is 2. The molecule has 7 heteroatoms. The van der Waals surface area contributed by atoms with Crippen molar-refractivity contribution in [3.8, 4) is 5.88 Å². The van der Waals surface area contributed by atoms with Gasteiger partial charge in [-0.15, -0.1) is 11.3 Å². The number of hydrogen-bond acceptors (Lipinski definition) is 5. The second-order valence-electron chi connectivity index (χ2n) is 5.79. The number of thiophene rings is 1. The maximum Gasteiger partial charge on any atom is 0.262 e. The molecule has 0 spiro atoms. The quantitative estimate of drug-likeness (QED) is 0.757. The first-order valence-electron chi connectivity index (χ1n) is 8.21. The first kappa shape index (κ1) is 18.9. The molecule has 6 nitrogen and oxygen atoms in total. The van der Waals surface area contributed by atoms with Crippen molar-refractivity contribution in [2.24, 2.45) is 5.92 Å². The normalized spacial score (nSPS) is 11.8. The lowest BCUT2D eigenvalue weighted by atomic mass is 10.0. The molecule has 2 rings (SSSR count). The second kappa shape index (κ2) is 9.17. The van der Waals surface area contributed by atoms with E-state index >= 15 is 0 Å². The molecule has 0 aliphatic carbocycles. The van der Waals surface area contributed by atoms with Gasteiger partial charge >= 0.3 is 0 Å². The Bertz CT molecular complexity index is 701. The van der Waals surface area contributed by atoms with Crippen LogP contribution in [0.25, 0.3) is 0 Å². The molecule has 25 heavy (non-hydrogen) atoms. The summed E-state index contributed by atoms with van der Waals surface area (Å²) < 4.78 is 5.46. The van der Waals surface area contributed by atoms with Crippen LogP contribution < -0.4 is 15.4 Å². The molecule has 0 aliphatic heterocycles. The van der Waals surface area contributed by atoms with E-state index in [9.17, 15) is 9.59 Å². The van der Waals surface area contributed by atoms with E-state index in [1.54, 1.807) is 18.3 Å². The lowest BCUT2D eigenvalue weighted by Crippen LogP contribution is -2.49. The third-order valence-corrected chi connectivity index (χ3v) is 4.43. The zero-order chi connectivity index (χ0) is 18.2. The predicted octanol–water partition coefficient (Wildman–Crippen LogP) is 2.61. The van der Waals surface area contributed by atoms with Crippen molar-refractivity contribution >= 4 is 23.2 Å². The van der Waals surface area contributed by atoms with Gasteiger partial charge in [0.15, 0.2) is 0 Å². The van der Waals surface area contributed by atoms with Crippen LogP contribution in [0, 0.1) is 5.92 Å². The molecule has 134 valence electrons. The highest BCUT2D eigenvalue weighted by Gasteiger charge is 2.25. The van der Waals surface area contributed by atoms with Gasteiger partial charge in [-0.1, -0.05) is 26.0 Å². The van der Waals surface area contributed by atoms with E-state index in [0.29, 0.717) is 23.9 Å². The number of amides is 2. The van der Waals surface area contributed by atoms with Crippen molar-refractivity contribution in [3.05, 3.63) is 46.3 Å². The van der Waals surface area contributed by atoms with Crippen LogP contribution in [0.2, 0.25) is 0 Å². The lowest BCUT2D eigenvalue weighted by Gasteiger charge is -2.21. The van der Waals surface area contributed by atoms with Gasteiger partial charge in [-0.2, -0.15) is 0 Å². The van der Waals surface area contributed by atoms with Gasteiger partial charge in [0.25, 0.3) is 5.91 Å². The van der Waals surface area contributed by atoms with Gasteiger partial charge < -0.3 is 15.4 Å². The summed E-state index contributed by atoms with van der Waals surface area (Å²) in [6.45, 7) is 6.47. The molecule has 2 aromatic rings. The largest absolute Gasteiger partial charge is 0.478 e. The van der Waals surface area contributed by atoms with Gasteiger partial charge in [-0.3, -0.25) is 9.59 Å². The zero-order valence-electron chi connectivity index (χ0n) is 14.6. The molecule has 2 heterocycles. The number of pyridine rings is 1. The van der Waals surface area contributed by atoms with Crippen molar-refractivity contribution < 1.29 is 14.3 Å². The highest BCUT2D eigenvalue weighted by atomic mass is 32.1. The van der Waals surface area contributed by atoms with Gasteiger partial charge in [0, 0.05) is 18.3 Å². The van der Waals surface area contributed by atoms with Crippen LogP contribution in [0.1, 0.15) is 36.0 Å². The van der Waals surface area contributed by atoms with E-state index in [0.717, 1.165) is 5.56 Å². The molecular formula is C18H23N3O3S. The lowest BCUT2D eigenvalue weighted by molar-refractivity contribution is -0.124. The minimum absolute atomic E-state index is 0.0378. The van der Waals surface area contributed by atoms with Crippen molar-refractivity contribution in [2.45, 2.75) is 33.4 Å². The molecule has 0 radical (unpaired) electrons. The minimum Gasteiger partial charge on any atom is -0.478 e. The van der Waals surface area contributed by atoms with Crippen LogP contribution in [-0.2, 0) is 11.3 Å². The standard InChI is InChI=1S/C18H23N3O3S/c1-4-24-18-13(7-5-9-19-18)11-20-17(23)15(12(2)3)21-16(22)14-8-6-10-25-14/h5-10,12,15H,4,11H2,1-3H3,(H,20,23)(H,21,22)/t15-/m0/s1. The van der Waals surface area contributed by atoms with Crippen LogP contribution in [0.15, 0.2) is 35.8 Å². The predicted molar refractivity (Wildman–Crippen MR) is 97.7 cm³/mol. The number of ether oxygens (including phenoxy) is 1. The minimum atomic E-state index is -0.609. The van der Waals surface area contributed by atoms with Crippen molar-refractivity contribution in [1.29, 1.82) is 0 Å². The van der Waals surface area contributed by atoms with E-state index < -0.39 is 6.04 Å². The first-order chi connectivity index (χ1) is 12.0. The van der Waals surface area contributed by atoms with Gasteiger partial charge in [-0.25, -0.2) is 4.98 Å². The zero-order valence-corrected chi connectivity index (χ0v) is 15.4. The molecule has 0 bridgehead atoms. The maximum absolute atomic E-state index is 12.5. The molecule has 0 saturated heterocycles. The summed E-state index contributed by atoms with van der Waals surface area (Å²) in [4.78, 5) is 29.5. The van der Waals surface area contributed by atoms with E-state index in [4.69, 9.17) is 4.74 Å². The van der Waals surface area contributed by atoms with Crippen LogP contribution >= 0.6 is 11.3 Å². The van der Waals surface area contributed by atoms with E-state index in [-0.39, 0.29) is 17.7 Å². The Morgan fingerprint density at radius 2 is 2.08 bits per heavy atom. The Kier molecular flexibility index (Phi) is 6.94. The summed E-state index contributed by atoms with van der Waals surface area (Å²) in [5.41, 5.74) is 0.796. The van der Waals surface area contributed by atoms with Gasteiger partial charge in [0.1, 0.15) is 6.04 Å². The Hall–Kier alpha value is -2.41. The molecular weight excluding hydrogens is 338 g/mol. The van der Waals surface area contributed by atoms with E-state index in [2.05, 4.69) is 15.6 Å². The molecule has 2 aromatic heterocycles. The first-order valence-corrected chi connectivity index (χ1v) is 9.09. The highest BCUT2D eigenvalue weighted by molar-refractivity contribution is 7.12. The number of nitrogens with zero attached hydrogens (tertiary/aromatic N) is 1. The monoisotopic (exact) mass is 361 g/mol. The summed E-state index contributed by atoms with van der Waals surface area (Å²) in [6.07, 6.45) is 1.65. The van der Waals surface area contributed by atoms with Crippen LogP contribution in [0.4, 0.5) is 0 Å². The molecule has 1 atom stereocenters. The number of rotatable bonds is 8. The van der Waals surface area contributed by atoms with E-state index in [1.165, 1.54) is 11.3 Å². The SMILES string of the molecule is CCOc1ncccc1CNC(=O)[C@@H](NC(=O)c1cccs1)C(C)C. The van der Waals surface area contributed by atoms with Gasteiger partial charge in [0.05, 0.1) is 11.5 Å². The summed E-state index contributed by atoms with van der Waals surface area (Å²) in [5, 5.41) is 7.50. The summed E-state index contributed by atoms with van der Waals surface area (Å²) in [5.74, 6) is 0.00429. The number of carbonyl (C=O) groups excluding carboxylic acids is 2.